The largest absolute Gasteiger partial charge is 0.488 e. The molecule has 1 fully saturated rings. The maximum absolute atomic E-state index is 13.2. The fourth-order valence-corrected chi connectivity index (χ4v) is 2.24. The fourth-order valence-electron chi connectivity index (χ4n) is 2.24. The summed E-state index contributed by atoms with van der Waals surface area (Å²) in [5, 5.41) is 13.1. The van der Waals surface area contributed by atoms with Gasteiger partial charge in [0, 0.05) is 12.6 Å². The third-order valence-corrected chi connectivity index (χ3v) is 3.27. The van der Waals surface area contributed by atoms with Crippen LogP contribution in [-0.4, -0.2) is 30.4 Å². The van der Waals surface area contributed by atoms with Crippen molar-refractivity contribution in [3.05, 3.63) is 30.1 Å². The molecule has 1 aliphatic rings. The summed E-state index contributed by atoms with van der Waals surface area (Å²) < 4.78 is 18.5. The second-order valence-electron chi connectivity index (χ2n) is 4.78. The summed E-state index contributed by atoms with van der Waals surface area (Å²) in [7, 11) is 0. The maximum atomic E-state index is 13.2. The van der Waals surface area contributed by atoms with Crippen molar-refractivity contribution in [1.29, 1.82) is 0 Å². The van der Waals surface area contributed by atoms with Gasteiger partial charge in [0.1, 0.15) is 12.7 Å². The summed E-state index contributed by atoms with van der Waals surface area (Å²) in [4.78, 5) is 0. The Balaban J connectivity index is 1.68. The third kappa shape index (κ3) is 3.96. The third-order valence-electron chi connectivity index (χ3n) is 3.27. The van der Waals surface area contributed by atoms with Crippen molar-refractivity contribution < 1.29 is 14.2 Å². The first kappa shape index (κ1) is 13.3. The number of benzene rings is 1. The van der Waals surface area contributed by atoms with Crippen molar-refractivity contribution in [1.82, 2.24) is 5.32 Å². The number of halogens is 1. The Morgan fingerprint density at radius 1 is 1.33 bits per heavy atom. The lowest BCUT2D eigenvalue weighted by molar-refractivity contribution is 0.101. The smallest absolute Gasteiger partial charge is 0.165 e. The van der Waals surface area contributed by atoms with Crippen LogP contribution in [0.3, 0.4) is 0 Å². The molecule has 0 spiro atoms. The minimum Gasteiger partial charge on any atom is -0.488 e. The minimum atomic E-state index is -0.606. The van der Waals surface area contributed by atoms with Crippen LogP contribution in [0.25, 0.3) is 0 Å². The predicted octanol–water partition coefficient (Wildman–Crippen LogP) is 2.10. The first-order chi connectivity index (χ1) is 8.75. The number of aliphatic hydroxyl groups is 1. The molecule has 1 unspecified atom stereocenters. The average Bonchev–Trinajstić information content (AvgIpc) is 2.88. The molecular weight excluding hydrogens is 233 g/mol. The highest BCUT2D eigenvalue weighted by atomic mass is 19.1. The average molecular weight is 253 g/mol. The molecule has 0 bridgehead atoms. The highest BCUT2D eigenvalue weighted by Gasteiger charge is 2.16. The van der Waals surface area contributed by atoms with Crippen molar-refractivity contribution in [2.75, 3.05) is 13.2 Å². The summed E-state index contributed by atoms with van der Waals surface area (Å²) in [6.07, 6.45) is 4.28. The number of para-hydroxylation sites is 1. The monoisotopic (exact) mass is 253 g/mol. The Hall–Kier alpha value is -1.13. The molecule has 0 aliphatic heterocycles. The molecule has 4 heteroatoms. The van der Waals surface area contributed by atoms with Crippen LogP contribution in [0.1, 0.15) is 25.7 Å². The quantitative estimate of drug-likeness (QED) is 0.815. The Bertz CT molecular complexity index is 367. The zero-order valence-electron chi connectivity index (χ0n) is 10.4. The lowest BCUT2D eigenvalue weighted by Gasteiger charge is -2.16. The summed E-state index contributed by atoms with van der Waals surface area (Å²) in [5.74, 6) is -0.203. The van der Waals surface area contributed by atoms with Gasteiger partial charge in [-0.2, -0.15) is 0 Å². The maximum Gasteiger partial charge on any atom is 0.165 e. The van der Waals surface area contributed by atoms with Crippen molar-refractivity contribution in [3.63, 3.8) is 0 Å². The van der Waals surface area contributed by atoms with Gasteiger partial charge in [0.05, 0.1) is 0 Å². The Kier molecular flexibility index (Phi) is 4.96. The summed E-state index contributed by atoms with van der Waals surface area (Å²) in [6, 6.07) is 6.75. The molecule has 1 aromatic carbocycles. The van der Waals surface area contributed by atoms with E-state index in [2.05, 4.69) is 5.32 Å². The number of ether oxygens (including phenoxy) is 1. The highest BCUT2D eigenvalue weighted by molar-refractivity contribution is 5.23. The normalized spacial score (nSPS) is 17.9. The van der Waals surface area contributed by atoms with Crippen molar-refractivity contribution in [2.45, 2.75) is 37.8 Å². The fraction of sp³-hybridized carbons (Fsp3) is 0.571. The Morgan fingerprint density at radius 3 is 2.78 bits per heavy atom. The van der Waals surface area contributed by atoms with E-state index in [0.29, 0.717) is 12.6 Å². The van der Waals surface area contributed by atoms with Crippen molar-refractivity contribution >= 4 is 0 Å². The van der Waals surface area contributed by atoms with Crippen molar-refractivity contribution in [3.8, 4) is 5.75 Å². The van der Waals surface area contributed by atoms with Gasteiger partial charge < -0.3 is 15.2 Å². The van der Waals surface area contributed by atoms with Crippen LogP contribution in [0.4, 0.5) is 4.39 Å². The molecule has 0 radical (unpaired) electrons. The van der Waals surface area contributed by atoms with Gasteiger partial charge >= 0.3 is 0 Å². The molecule has 100 valence electrons. The van der Waals surface area contributed by atoms with Gasteiger partial charge in [0.2, 0.25) is 0 Å². The van der Waals surface area contributed by atoms with Gasteiger partial charge in [-0.05, 0) is 25.0 Å². The molecule has 3 nitrogen and oxygen atoms in total. The van der Waals surface area contributed by atoms with E-state index in [4.69, 9.17) is 4.74 Å². The van der Waals surface area contributed by atoms with Crippen LogP contribution in [0.2, 0.25) is 0 Å². The van der Waals surface area contributed by atoms with E-state index < -0.39 is 11.9 Å². The highest BCUT2D eigenvalue weighted by Crippen LogP contribution is 2.18. The first-order valence-corrected chi connectivity index (χ1v) is 6.54. The molecular formula is C14H20FNO2. The van der Waals surface area contributed by atoms with Crippen molar-refractivity contribution in [2.24, 2.45) is 0 Å². The SMILES string of the molecule is OC(CNC1CCCC1)COc1ccccc1F. The van der Waals surface area contributed by atoms with Crippen LogP contribution in [-0.2, 0) is 0 Å². The zero-order chi connectivity index (χ0) is 12.8. The molecule has 0 saturated heterocycles. The molecule has 18 heavy (non-hydrogen) atoms. The van der Waals surface area contributed by atoms with Gasteiger partial charge in [-0.25, -0.2) is 4.39 Å². The summed E-state index contributed by atoms with van der Waals surface area (Å²) in [6.45, 7) is 0.611. The first-order valence-electron chi connectivity index (χ1n) is 6.54. The number of aliphatic hydroxyl groups excluding tert-OH is 1. The van der Waals surface area contributed by atoms with Gasteiger partial charge in [-0.15, -0.1) is 0 Å². The zero-order valence-corrected chi connectivity index (χ0v) is 10.4. The van der Waals surface area contributed by atoms with Crippen LogP contribution >= 0.6 is 0 Å². The molecule has 0 amide bonds. The van der Waals surface area contributed by atoms with Gasteiger partial charge in [-0.1, -0.05) is 25.0 Å². The molecule has 2 rings (SSSR count). The van der Waals surface area contributed by atoms with Crippen LogP contribution in [0.15, 0.2) is 24.3 Å². The van der Waals surface area contributed by atoms with E-state index >= 15 is 0 Å². The number of hydrogen-bond donors (Lipinski definition) is 2. The standard InChI is InChI=1S/C14H20FNO2/c15-13-7-3-4-8-14(13)18-10-12(17)9-16-11-5-1-2-6-11/h3-4,7-8,11-12,16-17H,1-2,5-6,9-10H2. The Labute approximate surface area is 107 Å². The molecule has 0 heterocycles. The topological polar surface area (TPSA) is 41.5 Å². The molecule has 1 atom stereocenters. The van der Waals surface area contributed by atoms with E-state index in [9.17, 15) is 9.50 Å². The van der Waals surface area contributed by atoms with Gasteiger partial charge in [0.15, 0.2) is 11.6 Å². The van der Waals surface area contributed by atoms with E-state index in [1.54, 1.807) is 18.2 Å². The lowest BCUT2D eigenvalue weighted by atomic mass is 10.2. The van der Waals surface area contributed by atoms with Gasteiger partial charge in [0.25, 0.3) is 0 Å². The summed E-state index contributed by atoms with van der Waals surface area (Å²) >= 11 is 0. The molecule has 1 saturated carbocycles. The van der Waals surface area contributed by atoms with E-state index in [1.165, 1.54) is 31.7 Å². The van der Waals surface area contributed by atoms with Crippen LogP contribution < -0.4 is 10.1 Å². The lowest BCUT2D eigenvalue weighted by Crippen LogP contribution is -2.36. The molecule has 2 N–H and O–H groups in total. The second-order valence-corrected chi connectivity index (χ2v) is 4.78. The molecule has 1 aliphatic carbocycles. The number of rotatable bonds is 6. The van der Waals surface area contributed by atoms with Crippen LogP contribution in [0.5, 0.6) is 5.75 Å². The van der Waals surface area contributed by atoms with E-state index in [0.717, 1.165) is 0 Å². The molecule has 0 aromatic heterocycles. The summed E-state index contributed by atoms with van der Waals surface area (Å²) in [5.41, 5.74) is 0. The number of hydrogen-bond acceptors (Lipinski definition) is 3. The Morgan fingerprint density at radius 2 is 2.06 bits per heavy atom. The minimum absolute atomic E-state index is 0.112. The second kappa shape index (κ2) is 6.71. The van der Waals surface area contributed by atoms with Gasteiger partial charge in [-0.3, -0.25) is 0 Å². The number of nitrogens with one attached hydrogen (secondary N) is 1. The van der Waals surface area contributed by atoms with Crippen LogP contribution in [0, 0.1) is 5.82 Å². The van der Waals surface area contributed by atoms with E-state index in [-0.39, 0.29) is 12.4 Å². The predicted molar refractivity (Wildman–Crippen MR) is 68.2 cm³/mol. The molecule has 1 aromatic rings. The van der Waals surface area contributed by atoms with E-state index in [1.807, 2.05) is 0 Å².